The second-order valence-electron chi connectivity index (χ2n) is 2.94. The van der Waals surface area contributed by atoms with Crippen molar-refractivity contribution in [3.63, 3.8) is 0 Å². The maximum absolute atomic E-state index is 8.50. The molecule has 0 fully saturated rings. The molecule has 0 aliphatic carbocycles. The molecule has 14 heavy (non-hydrogen) atoms. The molecular weight excluding hydrogens is 192 g/mol. The molecule has 0 saturated carbocycles. The number of hydrogen-bond acceptors (Lipinski definition) is 2. The van der Waals surface area contributed by atoms with Crippen LogP contribution in [0.2, 0.25) is 0 Å². The van der Waals surface area contributed by atoms with E-state index in [-0.39, 0.29) is 11.1 Å². The van der Waals surface area contributed by atoms with Crippen LogP contribution in [0.3, 0.4) is 0 Å². The Balaban J connectivity index is 2.45. The van der Waals surface area contributed by atoms with Crippen molar-refractivity contribution in [1.82, 2.24) is 4.72 Å². The smallest absolute Gasteiger partial charge is 0.152 e. The standard InChI is InChI=1S/C11H15N2S/c1-13-14(9-5-8-12)10-11-6-3-2-4-7-11/h2-4,6-7,13H,5,9-10H2,1H3/q+1. The summed E-state index contributed by atoms with van der Waals surface area (Å²) in [5.41, 5.74) is 1.34. The van der Waals surface area contributed by atoms with Crippen molar-refractivity contribution < 1.29 is 0 Å². The summed E-state index contributed by atoms with van der Waals surface area (Å²) in [7, 11) is 1.96. The lowest BCUT2D eigenvalue weighted by Gasteiger charge is -2.04. The van der Waals surface area contributed by atoms with Crippen LogP contribution < -0.4 is 4.72 Å². The molecule has 0 spiro atoms. The molecule has 0 radical (unpaired) electrons. The van der Waals surface area contributed by atoms with Crippen molar-refractivity contribution in [2.24, 2.45) is 0 Å². The van der Waals surface area contributed by atoms with Gasteiger partial charge in [0.2, 0.25) is 0 Å². The fourth-order valence-corrected chi connectivity index (χ4v) is 2.62. The molecule has 1 aromatic carbocycles. The Hall–Kier alpha value is -0.980. The van der Waals surface area contributed by atoms with E-state index in [0.29, 0.717) is 6.42 Å². The number of benzene rings is 1. The fourth-order valence-electron chi connectivity index (χ4n) is 1.19. The minimum Gasteiger partial charge on any atom is -0.198 e. The molecule has 1 N–H and O–H groups in total. The van der Waals surface area contributed by atoms with Gasteiger partial charge in [-0.1, -0.05) is 30.3 Å². The van der Waals surface area contributed by atoms with Crippen LogP contribution >= 0.6 is 0 Å². The molecule has 0 aromatic heterocycles. The van der Waals surface area contributed by atoms with Gasteiger partial charge >= 0.3 is 0 Å². The number of hydrogen-bond donors (Lipinski definition) is 1. The summed E-state index contributed by atoms with van der Waals surface area (Å²) in [6, 6.07) is 12.6. The predicted molar refractivity (Wildman–Crippen MR) is 61.7 cm³/mol. The molecule has 1 unspecified atom stereocenters. The van der Waals surface area contributed by atoms with Gasteiger partial charge in [-0.2, -0.15) is 5.26 Å². The molecule has 74 valence electrons. The Kier molecular flexibility index (Phi) is 5.13. The van der Waals surface area contributed by atoms with Gasteiger partial charge in [-0.25, -0.2) is 0 Å². The molecule has 2 nitrogen and oxygen atoms in total. The quantitative estimate of drug-likeness (QED) is 0.748. The molecule has 1 aromatic rings. The summed E-state index contributed by atoms with van der Waals surface area (Å²) in [5, 5.41) is 8.50. The van der Waals surface area contributed by atoms with Crippen LogP contribution in [0.5, 0.6) is 0 Å². The molecule has 3 heteroatoms. The maximum Gasteiger partial charge on any atom is 0.152 e. The minimum absolute atomic E-state index is 0.145. The molecule has 1 rings (SSSR count). The summed E-state index contributed by atoms with van der Waals surface area (Å²) in [4.78, 5) is 0. The van der Waals surface area contributed by atoms with E-state index in [2.05, 4.69) is 35.1 Å². The molecule has 0 heterocycles. The molecule has 0 amide bonds. The second kappa shape index (κ2) is 6.47. The predicted octanol–water partition coefficient (Wildman–Crippen LogP) is 1.85. The summed E-state index contributed by atoms with van der Waals surface area (Å²) in [5.74, 6) is 1.97. The molecular formula is C11H15N2S+. The molecule has 1 atom stereocenters. The summed E-state index contributed by atoms with van der Waals surface area (Å²) in [6.45, 7) is 0. The highest BCUT2D eigenvalue weighted by Crippen LogP contribution is 2.06. The normalized spacial score (nSPS) is 12.0. The third-order valence-electron chi connectivity index (χ3n) is 1.93. The van der Waals surface area contributed by atoms with Crippen molar-refractivity contribution in [1.29, 1.82) is 5.26 Å². The van der Waals surface area contributed by atoms with Crippen LogP contribution in [-0.2, 0) is 16.8 Å². The average Bonchev–Trinajstić information content (AvgIpc) is 2.25. The lowest BCUT2D eigenvalue weighted by atomic mass is 10.2. The van der Waals surface area contributed by atoms with E-state index in [9.17, 15) is 0 Å². The average molecular weight is 207 g/mol. The van der Waals surface area contributed by atoms with Gasteiger partial charge < -0.3 is 0 Å². The first-order chi connectivity index (χ1) is 6.86. The number of rotatable bonds is 5. The highest BCUT2D eigenvalue weighted by atomic mass is 32.2. The van der Waals surface area contributed by atoms with Crippen molar-refractivity contribution in [3.05, 3.63) is 35.9 Å². The van der Waals surface area contributed by atoms with Gasteiger partial charge in [0.1, 0.15) is 5.75 Å². The third-order valence-corrected chi connectivity index (χ3v) is 3.89. The van der Waals surface area contributed by atoms with Crippen molar-refractivity contribution >= 4 is 11.1 Å². The van der Waals surface area contributed by atoms with Gasteiger partial charge in [-0.3, -0.25) is 0 Å². The highest BCUT2D eigenvalue weighted by Gasteiger charge is 2.15. The van der Waals surface area contributed by atoms with Crippen LogP contribution in [0.25, 0.3) is 0 Å². The third kappa shape index (κ3) is 3.82. The Labute approximate surface area is 88.4 Å². The topological polar surface area (TPSA) is 35.8 Å². The Morgan fingerprint density at radius 1 is 1.36 bits per heavy atom. The molecule has 0 saturated heterocycles. The van der Waals surface area contributed by atoms with E-state index in [0.717, 1.165) is 11.5 Å². The fraction of sp³-hybridized carbons (Fsp3) is 0.364. The van der Waals surface area contributed by atoms with Crippen LogP contribution in [0.4, 0.5) is 0 Å². The summed E-state index contributed by atoms with van der Waals surface area (Å²) in [6.07, 6.45) is 0.636. The van der Waals surface area contributed by atoms with E-state index < -0.39 is 0 Å². The minimum atomic E-state index is 0.145. The first-order valence-corrected chi connectivity index (χ1v) is 6.19. The zero-order valence-corrected chi connectivity index (χ0v) is 9.18. The maximum atomic E-state index is 8.50. The van der Waals surface area contributed by atoms with E-state index >= 15 is 0 Å². The van der Waals surface area contributed by atoms with Crippen LogP contribution in [0.15, 0.2) is 30.3 Å². The van der Waals surface area contributed by atoms with Gasteiger partial charge in [0, 0.05) is 12.6 Å². The van der Waals surface area contributed by atoms with E-state index in [1.165, 1.54) is 5.56 Å². The van der Waals surface area contributed by atoms with Gasteiger partial charge in [0.05, 0.1) is 23.6 Å². The van der Waals surface area contributed by atoms with Gasteiger partial charge in [-0.15, -0.1) is 4.72 Å². The van der Waals surface area contributed by atoms with E-state index in [1.807, 2.05) is 13.1 Å². The van der Waals surface area contributed by atoms with Crippen LogP contribution in [-0.4, -0.2) is 12.8 Å². The monoisotopic (exact) mass is 207 g/mol. The molecule has 0 aliphatic heterocycles. The number of nitriles is 1. The van der Waals surface area contributed by atoms with Crippen molar-refractivity contribution in [2.45, 2.75) is 12.2 Å². The Morgan fingerprint density at radius 2 is 2.07 bits per heavy atom. The first-order valence-electron chi connectivity index (χ1n) is 4.62. The molecule has 0 bridgehead atoms. The second-order valence-corrected chi connectivity index (χ2v) is 5.03. The largest absolute Gasteiger partial charge is 0.198 e. The zero-order valence-electron chi connectivity index (χ0n) is 8.36. The van der Waals surface area contributed by atoms with Crippen LogP contribution in [0.1, 0.15) is 12.0 Å². The lowest BCUT2D eigenvalue weighted by molar-refractivity contribution is 1.16. The van der Waals surface area contributed by atoms with Gasteiger partial charge in [-0.05, 0) is 0 Å². The van der Waals surface area contributed by atoms with Gasteiger partial charge in [0.15, 0.2) is 5.75 Å². The summed E-state index contributed by atoms with van der Waals surface area (Å²) >= 11 is 0.145. The Bertz CT molecular complexity index is 292. The van der Waals surface area contributed by atoms with E-state index in [4.69, 9.17) is 5.26 Å². The van der Waals surface area contributed by atoms with Crippen LogP contribution in [0, 0.1) is 11.3 Å². The Morgan fingerprint density at radius 3 is 2.64 bits per heavy atom. The van der Waals surface area contributed by atoms with Crippen molar-refractivity contribution in [3.8, 4) is 6.07 Å². The summed E-state index contributed by atoms with van der Waals surface area (Å²) < 4.78 is 3.26. The highest BCUT2D eigenvalue weighted by molar-refractivity contribution is 7.94. The lowest BCUT2D eigenvalue weighted by Crippen LogP contribution is -2.24. The van der Waals surface area contributed by atoms with E-state index in [1.54, 1.807) is 0 Å². The number of nitrogens with one attached hydrogen (secondary N) is 1. The zero-order chi connectivity index (χ0) is 10.2. The first kappa shape index (κ1) is 11.1. The number of nitrogens with zero attached hydrogens (tertiary/aromatic N) is 1. The molecule has 0 aliphatic rings. The van der Waals surface area contributed by atoms with Crippen molar-refractivity contribution in [2.75, 3.05) is 12.8 Å². The van der Waals surface area contributed by atoms with Gasteiger partial charge in [0.25, 0.3) is 0 Å². The SMILES string of the molecule is CN[S+](CCC#N)Cc1ccccc1.